The van der Waals surface area contributed by atoms with E-state index in [-0.39, 0.29) is 18.1 Å². The third-order valence-corrected chi connectivity index (χ3v) is 6.46. The first-order chi connectivity index (χ1) is 16.4. The molecule has 0 radical (unpaired) electrons. The summed E-state index contributed by atoms with van der Waals surface area (Å²) in [5, 5.41) is 19.9. The SMILES string of the molecule is C#CCOc1c(Br)cc([C@H](C[N+](=O)[O-])Sc2nnc(C)n2-c2ccc(OCC)cc2)cc1OC. The number of aryl methyl sites for hydroxylation is 1. The van der Waals surface area contributed by atoms with Crippen molar-refractivity contribution in [1.29, 1.82) is 0 Å². The van der Waals surface area contributed by atoms with Crippen molar-refractivity contribution in [3.05, 3.63) is 62.4 Å². The van der Waals surface area contributed by atoms with Gasteiger partial charge in [0.05, 0.1) is 18.2 Å². The number of rotatable bonds is 11. The minimum Gasteiger partial charge on any atom is -0.494 e. The van der Waals surface area contributed by atoms with E-state index in [1.165, 1.54) is 18.9 Å². The summed E-state index contributed by atoms with van der Waals surface area (Å²) < 4.78 is 19.0. The molecule has 1 heterocycles. The van der Waals surface area contributed by atoms with Crippen LogP contribution in [0.15, 0.2) is 46.0 Å². The fraction of sp³-hybridized carbons (Fsp3) is 0.304. The highest BCUT2D eigenvalue weighted by Gasteiger charge is 2.26. The Labute approximate surface area is 210 Å². The van der Waals surface area contributed by atoms with Crippen LogP contribution in [0.2, 0.25) is 0 Å². The van der Waals surface area contributed by atoms with Crippen LogP contribution in [0, 0.1) is 29.4 Å². The van der Waals surface area contributed by atoms with Crippen molar-refractivity contribution in [3.63, 3.8) is 0 Å². The fourth-order valence-electron chi connectivity index (χ4n) is 3.23. The molecule has 0 spiro atoms. The van der Waals surface area contributed by atoms with Crippen molar-refractivity contribution in [2.45, 2.75) is 24.3 Å². The minimum absolute atomic E-state index is 0.0614. The van der Waals surface area contributed by atoms with Crippen LogP contribution < -0.4 is 14.2 Å². The van der Waals surface area contributed by atoms with Gasteiger partial charge < -0.3 is 14.2 Å². The van der Waals surface area contributed by atoms with E-state index in [0.717, 1.165) is 11.4 Å². The molecular weight excluding hydrogens is 524 g/mol. The Hall–Kier alpha value is -3.23. The highest BCUT2D eigenvalue weighted by molar-refractivity contribution is 9.10. The van der Waals surface area contributed by atoms with Crippen LogP contribution in [-0.2, 0) is 0 Å². The Morgan fingerprint density at radius 3 is 2.62 bits per heavy atom. The number of ether oxygens (including phenoxy) is 3. The molecule has 3 aromatic rings. The molecule has 0 saturated heterocycles. The first-order valence-electron chi connectivity index (χ1n) is 10.2. The number of hydrogen-bond donors (Lipinski definition) is 0. The molecule has 0 unspecified atom stereocenters. The number of aromatic nitrogens is 3. The second kappa shape index (κ2) is 11.8. The van der Waals surface area contributed by atoms with E-state index in [2.05, 4.69) is 32.0 Å². The van der Waals surface area contributed by atoms with Gasteiger partial charge in [-0.15, -0.1) is 16.6 Å². The largest absolute Gasteiger partial charge is 0.494 e. The monoisotopic (exact) mass is 546 g/mol. The number of thioether (sulfide) groups is 1. The molecule has 0 aliphatic rings. The summed E-state index contributed by atoms with van der Waals surface area (Å²) in [6, 6.07) is 11.0. The average Bonchev–Trinajstić information content (AvgIpc) is 3.17. The summed E-state index contributed by atoms with van der Waals surface area (Å²) in [6.07, 6.45) is 5.29. The Morgan fingerprint density at radius 1 is 1.26 bits per heavy atom. The molecule has 34 heavy (non-hydrogen) atoms. The maximum atomic E-state index is 11.5. The van der Waals surface area contributed by atoms with Crippen LogP contribution in [0.4, 0.5) is 0 Å². The second-order valence-electron chi connectivity index (χ2n) is 6.94. The lowest BCUT2D eigenvalue weighted by molar-refractivity contribution is -0.479. The lowest BCUT2D eigenvalue weighted by atomic mass is 10.1. The van der Waals surface area contributed by atoms with E-state index < -0.39 is 5.25 Å². The molecule has 1 aromatic heterocycles. The summed E-state index contributed by atoms with van der Waals surface area (Å²) in [5.41, 5.74) is 1.49. The van der Waals surface area contributed by atoms with Gasteiger partial charge in [-0.05, 0) is 71.7 Å². The predicted octanol–water partition coefficient (Wildman–Crippen LogP) is 4.87. The number of terminal acetylenes is 1. The second-order valence-corrected chi connectivity index (χ2v) is 8.97. The summed E-state index contributed by atoms with van der Waals surface area (Å²) >= 11 is 4.71. The molecule has 0 aliphatic heterocycles. The number of nitrogens with zero attached hydrogens (tertiary/aromatic N) is 4. The van der Waals surface area contributed by atoms with Gasteiger partial charge in [-0.25, -0.2) is 0 Å². The van der Waals surface area contributed by atoms with Gasteiger partial charge in [0.1, 0.15) is 23.4 Å². The van der Waals surface area contributed by atoms with Gasteiger partial charge in [0, 0.05) is 10.6 Å². The third kappa shape index (κ3) is 6.01. The highest BCUT2D eigenvalue weighted by atomic mass is 79.9. The molecule has 0 saturated carbocycles. The molecule has 3 rings (SSSR count). The lowest BCUT2D eigenvalue weighted by Gasteiger charge is -2.18. The molecule has 0 fully saturated rings. The molecule has 2 aromatic carbocycles. The molecule has 0 amide bonds. The van der Waals surface area contributed by atoms with Gasteiger partial charge >= 0.3 is 0 Å². The van der Waals surface area contributed by atoms with Crippen LogP contribution in [0.1, 0.15) is 23.6 Å². The van der Waals surface area contributed by atoms with Crippen molar-refractivity contribution < 1.29 is 19.1 Å². The van der Waals surface area contributed by atoms with E-state index >= 15 is 0 Å². The minimum atomic E-state index is -0.577. The van der Waals surface area contributed by atoms with Crippen LogP contribution in [0.5, 0.6) is 17.2 Å². The molecule has 1 atom stereocenters. The zero-order valence-electron chi connectivity index (χ0n) is 18.9. The van der Waals surface area contributed by atoms with Crippen molar-refractivity contribution in [3.8, 4) is 35.3 Å². The first kappa shape index (κ1) is 25.4. The van der Waals surface area contributed by atoms with Crippen LogP contribution in [0.25, 0.3) is 5.69 Å². The van der Waals surface area contributed by atoms with E-state index in [1.807, 2.05) is 42.7 Å². The number of benzene rings is 2. The van der Waals surface area contributed by atoms with Gasteiger partial charge in [-0.2, -0.15) is 0 Å². The zero-order valence-corrected chi connectivity index (χ0v) is 21.3. The van der Waals surface area contributed by atoms with Gasteiger partial charge in [0.15, 0.2) is 16.7 Å². The van der Waals surface area contributed by atoms with Gasteiger partial charge in [-0.1, -0.05) is 17.7 Å². The topological polar surface area (TPSA) is 102 Å². The fourth-order valence-corrected chi connectivity index (χ4v) is 4.96. The van der Waals surface area contributed by atoms with Crippen LogP contribution in [0.3, 0.4) is 0 Å². The van der Waals surface area contributed by atoms with E-state index in [4.69, 9.17) is 20.6 Å². The van der Waals surface area contributed by atoms with E-state index in [0.29, 0.717) is 39.1 Å². The molecule has 0 aliphatic carbocycles. The average molecular weight is 547 g/mol. The molecule has 0 bridgehead atoms. The zero-order chi connectivity index (χ0) is 24.7. The predicted molar refractivity (Wildman–Crippen MR) is 133 cm³/mol. The Morgan fingerprint density at radius 2 is 2.00 bits per heavy atom. The van der Waals surface area contributed by atoms with E-state index in [1.54, 1.807) is 12.1 Å². The van der Waals surface area contributed by atoms with Crippen molar-refractivity contribution in [1.82, 2.24) is 14.8 Å². The van der Waals surface area contributed by atoms with Gasteiger partial charge in [-0.3, -0.25) is 14.7 Å². The maximum absolute atomic E-state index is 11.5. The van der Waals surface area contributed by atoms with Gasteiger partial charge in [0.2, 0.25) is 6.54 Å². The number of halogens is 1. The molecule has 11 heteroatoms. The molecule has 0 N–H and O–H groups in total. The standard InChI is InChI=1S/C23H23BrN4O5S/c1-5-11-33-22-19(24)12-16(13-20(22)31-4)21(14-27(29)30)34-23-26-25-15(3)28(23)17-7-9-18(10-8-17)32-6-2/h1,7-10,12-13,21H,6,11,14H2,2-4H3/t21-/m0/s1. The molecular formula is C23H23BrN4O5S. The Bertz CT molecular complexity index is 1190. The summed E-state index contributed by atoms with van der Waals surface area (Å²) in [7, 11) is 1.50. The normalized spacial score (nSPS) is 11.5. The smallest absolute Gasteiger partial charge is 0.220 e. The maximum Gasteiger partial charge on any atom is 0.220 e. The van der Waals surface area contributed by atoms with E-state index in [9.17, 15) is 10.1 Å². The Balaban J connectivity index is 1.98. The number of hydrogen-bond acceptors (Lipinski definition) is 8. The van der Waals surface area contributed by atoms with Crippen molar-refractivity contribution in [2.24, 2.45) is 0 Å². The lowest BCUT2D eigenvalue weighted by Crippen LogP contribution is -2.12. The number of methoxy groups -OCH3 is 1. The summed E-state index contributed by atoms with van der Waals surface area (Å²) in [5.74, 6) is 4.66. The molecule has 178 valence electrons. The summed E-state index contributed by atoms with van der Waals surface area (Å²) in [6.45, 7) is 4.04. The summed E-state index contributed by atoms with van der Waals surface area (Å²) in [4.78, 5) is 11.2. The van der Waals surface area contributed by atoms with Crippen LogP contribution >= 0.6 is 27.7 Å². The third-order valence-electron chi connectivity index (χ3n) is 4.69. The van der Waals surface area contributed by atoms with Gasteiger partial charge in [0.25, 0.3) is 0 Å². The number of nitro groups is 1. The van der Waals surface area contributed by atoms with Crippen molar-refractivity contribution in [2.75, 3.05) is 26.9 Å². The quantitative estimate of drug-likeness (QED) is 0.145. The highest BCUT2D eigenvalue weighted by Crippen LogP contribution is 2.43. The Kier molecular flexibility index (Phi) is 8.79. The first-order valence-corrected chi connectivity index (χ1v) is 11.9. The van der Waals surface area contributed by atoms with Crippen LogP contribution in [-0.4, -0.2) is 46.6 Å². The molecule has 9 nitrogen and oxygen atoms in total. The van der Waals surface area contributed by atoms with Crippen molar-refractivity contribution >= 4 is 27.7 Å².